The lowest BCUT2D eigenvalue weighted by atomic mass is 10.2. The second-order valence-corrected chi connectivity index (χ2v) is 4.08. The van der Waals surface area contributed by atoms with Gasteiger partial charge < -0.3 is 10.1 Å². The summed E-state index contributed by atoms with van der Waals surface area (Å²) in [7, 11) is 0. The number of anilines is 1. The van der Waals surface area contributed by atoms with Crippen LogP contribution in [0.15, 0.2) is 24.3 Å². The molecule has 0 aliphatic carbocycles. The minimum atomic E-state index is -0.158. The number of benzene rings is 1. The van der Waals surface area contributed by atoms with Gasteiger partial charge in [0.15, 0.2) is 0 Å². The minimum Gasteiger partial charge on any atom is -0.463 e. The van der Waals surface area contributed by atoms with Crippen LogP contribution in [0.4, 0.5) is 5.69 Å². The number of aryl methyl sites for hydroxylation is 1. The molecule has 0 radical (unpaired) electrons. The molecule has 0 aliphatic heterocycles. The molecule has 88 valence electrons. The van der Waals surface area contributed by atoms with Crippen LogP contribution in [-0.2, 0) is 9.53 Å². The van der Waals surface area contributed by atoms with Gasteiger partial charge in [-0.2, -0.15) is 0 Å². The van der Waals surface area contributed by atoms with E-state index in [9.17, 15) is 4.79 Å². The van der Waals surface area contributed by atoms with Crippen LogP contribution in [0, 0.1) is 6.92 Å². The molecule has 0 aromatic heterocycles. The zero-order chi connectivity index (χ0) is 12.0. The highest BCUT2D eigenvalue weighted by Crippen LogP contribution is 2.08. The van der Waals surface area contributed by atoms with Gasteiger partial charge in [-0.25, -0.2) is 0 Å². The van der Waals surface area contributed by atoms with Crippen molar-refractivity contribution in [1.29, 1.82) is 0 Å². The van der Waals surface area contributed by atoms with E-state index >= 15 is 0 Å². The Morgan fingerprint density at radius 3 is 2.50 bits per heavy atom. The lowest BCUT2D eigenvalue weighted by molar-refractivity contribution is -0.147. The molecule has 0 spiro atoms. The molecule has 3 heteroatoms. The molecule has 1 rings (SSSR count). The molecule has 0 unspecified atom stereocenters. The SMILES string of the molecule is Cc1ccc(NCCC(=O)OC(C)C)cc1. The summed E-state index contributed by atoms with van der Waals surface area (Å²) >= 11 is 0. The molecule has 0 heterocycles. The monoisotopic (exact) mass is 221 g/mol. The second-order valence-electron chi connectivity index (χ2n) is 4.08. The van der Waals surface area contributed by atoms with Crippen LogP contribution in [0.25, 0.3) is 0 Å². The highest BCUT2D eigenvalue weighted by Gasteiger charge is 2.04. The molecule has 0 bridgehead atoms. The maximum atomic E-state index is 11.2. The zero-order valence-electron chi connectivity index (χ0n) is 10.1. The van der Waals surface area contributed by atoms with Gasteiger partial charge in [-0.3, -0.25) is 4.79 Å². The molecule has 3 nitrogen and oxygen atoms in total. The highest BCUT2D eigenvalue weighted by molar-refractivity contribution is 5.70. The maximum absolute atomic E-state index is 11.2. The van der Waals surface area contributed by atoms with Crippen LogP contribution < -0.4 is 5.32 Å². The van der Waals surface area contributed by atoms with Gasteiger partial charge in [0, 0.05) is 12.2 Å². The summed E-state index contributed by atoms with van der Waals surface area (Å²) in [6, 6.07) is 8.08. The Morgan fingerprint density at radius 1 is 1.31 bits per heavy atom. The fourth-order valence-electron chi connectivity index (χ4n) is 1.30. The molecule has 0 saturated heterocycles. The first kappa shape index (κ1) is 12.6. The molecule has 0 amide bonds. The van der Waals surface area contributed by atoms with E-state index in [1.807, 2.05) is 45.0 Å². The number of esters is 1. The number of hydrogen-bond acceptors (Lipinski definition) is 3. The third-order valence-corrected chi connectivity index (χ3v) is 2.08. The first-order chi connectivity index (χ1) is 7.58. The van der Waals surface area contributed by atoms with E-state index in [4.69, 9.17) is 4.74 Å². The molecule has 16 heavy (non-hydrogen) atoms. The first-order valence-corrected chi connectivity index (χ1v) is 5.58. The van der Waals surface area contributed by atoms with Crippen molar-refractivity contribution in [3.8, 4) is 0 Å². The van der Waals surface area contributed by atoms with Crippen LogP contribution in [0.3, 0.4) is 0 Å². The molecule has 0 saturated carbocycles. The lowest BCUT2D eigenvalue weighted by Crippen LogP contribution is -2.15. The third-order valence-electron chi connectivity index (χ3n) is 2.08. The van der Waals surface area contributed by atoms with Gasteiger partial charge in [0.2, 0.25) is 0 Å². The summed E-state index contributed by atoms with van der Waals surface area (Å²) in [6.07, 6.45) is 0.360. The van der Waals surface area contributed by atoms with E-state index in [0.29, 0.717) is 13.0 Å². The Kier molecular flexibility index (Phi) is 4.83. The predicted octanol–water partition coefficient (Wildman–Crippen LogP) is 2.75. The quantitative estimate of drug-likeness (QED) is 0.777. The zero-order valence-corrected chi connectivity index (χ0v) is 10.1. The molecule has 0 atom stereocenters. The standard InChI is InChI=1S/C13H19NO2/c1-10(2)16-13(15)8-9-14-12-6-4-11(3)5-7-12/h4-7,10,14H,8-9H2,1-3H3. The number of nitrogens with one attached hydrogen (secondary N) is 1. The van der Waals surface area contributed by atoms with Crippen molar-refractivity contribution in [2.75, 3.05) is 11.9 Å². The molecular formula is C13H19NO2. The van der Waals surface area contributed by atoms with Gasteiger partial charge in [-0.05, 0) is 32.9 Å². The normalized spacial score (nSPS) is 10.2. The molecular weight excluding hydrogens is 202 g/mol. The summed E-state index contributed by atoms with van der Waals surface area (Å²) in [5.41, 5.74) is 2.26. The summed E-state index contributed by atoms with van der Waals surface area (Å²) in [4.78, 5) is 11.2. The van der Waals surface area contributed by atoms with Gasteiger partial charge in [-0.15, -0.1) is 0 Å². The minimum absolute atomic E-state index is 0.0353. The topological polar surface area (TPSA) is 38.3 Å². The van der Waals surface area contributed by atoms with Crippen molar-refractivity contribution < 1.29 is 9.53 Å². The van der Waals surface area contributed by atoms with E-state index in [0.717, 1.165) is 5.69 Å². The van der Waals surface area contributed by atoms with Gasteiger partial charge in [0.05, 0.1) is 12.5 Å². The van der Waals surface area contributed by atoms with Gasteiger partial charge in [0.1, 0.15) is 0 Å². The van der Waals surface area contributed by atoms with Gasteiger partial charge >= 0.3 is 5.97 Å². The Bertz CT molecular complexity index is 330. The van der Waals surface area contributed by atoms with Gasteiger partial charge in [-0.1, -0.05) is 17.7 Å². The van der Waals surface area contributed by atoms with Crippen LogP contribution in [0.1, 0.15) is 25.8 Å². The van der Waals surface area contributed by atoms with Crippen LogP contribution in [0.5, 0.6) is 0 Å². The smallest absolute Gasteiger partial charge is 0.307 e. The van der Waals surface area contributed by atoms with Crippen molar-refractivity contribution in [3.63, 3.8) is 0 Å². The van der Waals surface area contributed by atoms with Crippen molar-refractivity contribution in [1.82, 2.24) is 0 Å². The Labute approximate surface area is 96.8 Å². The van der Waals surface area contributed by atoms with Crippen LogP contribution in [0.2, 0.25) is 0 Å². The largest absolute Gasteiger partial charge is 0.463 e. The molecule has 1 aromatic carbocycles. The van der Waals surface area contributed by atoms with Gasteiger partial charge in [0.25, 0.3) is 0 Å². The molecule has 1 N–H and O–H groups in total. The Hall–Kier alpha value is -1.51. The summed E-state index contributed by atoms with van der Waals surface area (Å²) in [5, 5.41) is 3.18. The number of carbonyl (C=O) groups excluding carboxylic acids is 1. The average Bonchev–Trinajstić information content (AvgIpc) is 2.20. The second kappa shape index (κ2) is 6.16. The maximum Gasteiger partial charge on any atom is 0.307 e. The van der Waals surface area contributed by atoms with E-state index in [1.54, 1.807) is 0 Å². The van der Waals surface area contributed by atoms with E-state index < -0.39 is 0 Å². The van der Waals surface area contributed by atoms with Crippen LogP contribution >= 0.6 is 0 Å². The lowest BCUT2D eigenvalue weighted by Gasteiger charge is -2.09. The summed E-state index contributed by atoms with van der Waals surface area (Å²) < 4.78 is 5.03. The van der Waals surface area contributed by atoms with Crippen LogP contribution in [-0.4, -0.2) is 18.6 Å². The Balaban J connectivity index is 2.25. The highest BCUT2D eigenvalue weighted by atomic mass is 16.5. The summed E-state index contributed by atoms with van der Waals surface area (Å²) in [6.45, 7) is 6.36. The van der Waals surface area contributed by atoms with Crippen molar-refractivity contribution in [2.24, 2.45) is 0 Å². The van der Waals surface area contributed by atoms with E-state index in [1.165, 1.54) is 5.56 Å². The van der Waals surface area contributed by atoms with E-state index in [-0.39, 0.29) is 12.1 Å². The fourth-order valence-corrected chi connectivity index (χ4v) is 1.30. The number of hydrogen-bond donors (Lipinski definition) is 1. The fraction of sp³-hybridized carbons (Fsp3) is 0.462. The third kappa shape index (κ3) is 4.82. The number of rotatable bonds is 5. The predicted molar refractivity (Wildman–Crippen MR) is 65.5 cm³/mol. The van der Waals surface area contributed by atoms with Crippen molar-refractivity contribution in [3.05, 3.63) is 29.8 Å². The molecule has 0 aliphatic rings. The Morgan fingerprint density at radius 2 is 1.94 bits per heavy atom. The average molecular weight is 221 g/mol. The van der Waals surface area contributed by atoms with Crippen molar-refractivity contribution >= 4 is 11.7 Å². The number of ether oxygens (including phenoxy) is 1. The summed E-state index contributed by atoms with van der Waals surface area (Å²) in [5.74, 6) is -0.158. The van der Waals surface area contributed by atoms with E-state index in [2.05, 4.69) is 5.32 Å². The number of carbonyl (C=O) groups is 1. The molecule has 0 fully saturated rings. The first-order valence-electron chi connectivity index (χ1n) is 5.58. The molecule has 1 aromatic rings. The van der Waals surface area contributed by atoms with Crippen molar-refractivity contribution in [2.45, 2.75) is 33.3 Å².